The smallest absolute Gasteiger partial charge is 0.0909 e. The van der Waals surface area contributed by atoms with E-state index in [0.29, 0.717) is 0 Å². The van der Waals surface area contributed by atoms with Gasteiger partial charge in [0.1, 0.15) is 0 Å². The minimum Gasteiger partial charge on any atom is -0.198 e. The zero-order chi connectivity index (χ0) is 6.41. The maximum Gasteiger partial charge on any atom is 0.0909 e. The van der Waals surface area contributed by atoms with Gasteiger partial charge in [-0.25, -0.2) is 0 Å². The maximum absolute atomic E-state index is 8.15. The molecule has 0 saturated carbocycles. The van der Waals surface area contributed by atoms with Crippen LogP contribution in [0.2, 0.25) is 0 Å². The van der Waals surface area contributed by atoms with Crippen molar-refractivity contribution in [2.75, 3.05) is 0 Å². The van der Waals surface area contributed by atoms with Crippen LogP contribution in [0, 0.1) is 28.6 Å². The Kier molecular flexibility index (Phi) is 3.27. The Labute approximate surface area is 48.7 Å². The summed E-state index contributed by atoms with van der Waals surface area (Å²) in [4.78, 5) is 0. The third kappa shape index (κ3) is 2.93. The number of allylic oxidation sites excluding steroid dienone is 2. The Morgan fingerprint density at radius 2 is 2.12 bits per heavy atom. The average Bonchev–Trinajstić information content (AvgIpc) is 1.83. The second-order valence-electron chi connectivity index (χ2n) is 1.41. The molecule has 0 bridgehead atoms. The Balaban J connectivity index is 3.61. The summed E-state index contributed by atoms with van der Waals surface area (Å²) >= 11 is 0. The first-order valence-electron chi connectivity index (χ1n) is 2.27. The van der Waals surface area contributed by atoms with E-state index in [4.69, 9.17) is 10.5 Å². The summed E-state index contributed by atoms with van der Waals surface area (Å²) in [6, 6.07) is 3.76. The molecule has 0 spiro atoms. The lowest BCUT2D eigenvalue weighted by molar-refractivity contribution is 0.957. The lowest BCUT2D eigenvalue weighted by Gasteiger charge is -1.82. The summed E-state index contributed by atoms with van der Waals surface area (Å²) in [7, 11) is 0. The summed E-state index contributed by atoms with van der Waals surface area (Å²) in [5, 5.41) is 16.1. The quantitative estimate of drug-likeness (QED) is 0.472. The zero-order valence-corrected chi connectivity index (χ0v) is 4.63. The van der Waals surface area contributed by atoms with Gasteiger partial charge in [-0.15, -0.1) is 0 Å². The number of nitriles is 2. The minimum atomic E-state index is -0.144. The number of hydrogen-bond acceptors (Lipinski definition) is 2. The molecule has 0 saturated heterocycles. The molecule has 2 heteroatoms. The van der Waals surface area contributed by atoms with Gasteiger partial charge < -0.3 is 0 Å². The predicted octanol–water partition coefficient (Wildman–Crippen LogP) is 1.23. The SMILES string of the molecule is CC(C#N)/C=C/C#N. The molecule has 1 atom stereocenters. The molecule has 2 nitrogen and oxygen atoms in total. The number of nitrogens with zero attached hydrogens (tertiary/aromatic N) is 2. The van der Waals surface area contributed by atoms with Gasteiger partial charge in [0, 0.05) is 6.08 Å². The van der Waals surface area contributed by atoms with Crippen molar-refractivity contribution in [1.29, 1.82) is 10.5 Å². The van der Waals surface area contributed by atoms with E-state index in [1.807, 2.05) is 6.07 Å². The Bertz CT molecular complexity index is 156. The van der Waals surface area contributed by atoms with Crippen LogP contribution in [0.4, 0.5) is 0 Å². The van der Waals surface area contributed by atoms with Crippen LogP contribution < -0.4 is 0 Å². The van der Waals surface area contributed by atoms with Crippen molar-refractivity contribution in [1.82, 2.24) is 0 Å². The molecule has 8 heavy (non-hydrogen) atoms. The first-order chi connectivity index (χ1) is 3.81. The van der Waals surface area contributed by atoms with Crippen LogP contribution in [0.3, 0.4) is 0 Å². The highest BCUT2D eigenvalue weighted by molar-refractivity contribution is 5.07. The van der Waals surface area contributed by atoms with Crippen molar-refractivity contribution in [3.63, 3.8) is 0 Å². The van der Waals surface area contributed by atoms with E-state index in [2.05, 4.69) is 0 Å². The van der Waals surface area contributed by atoms with E-state index in [1.165, 1.54) is 6.08 Å². The highest BCUT2D eigenvalue weighted by Gasteiger charge is 1.86. The van der Waals surface area contributed by atoms with E-state index in [1.54, 1.807) is 19.1 Å². The Hall–Kier alpha value is -1.28. The van der Waals surface area contributed by atoms with Crippen LogP contribution >= 0.6 is 0 Å². The maximum atomic E-state index is 8.15. The van der Waals surface area contributed by atoms with Crippen molar-refractivity contribution in [2.24, 2.45) is 5.92 Å². The van der Waals surface area contributed by atoms with E-state index in [9.17, 15) is 0 Å². The van der Waals surface area contributed by atoms with Gasteiger partial charge in [-0.05, 0) is 6.92 Å². The average molecular weight is 106 g/mol. The zero-order valence-electron chi connectivity index (χ0n) is 4.63. The van der Waals surface area contributed by atoms with E-state index >= 15 is 0 Å². The first-order valence-corrected chi connectivity index (χ1v) is 2.27. The number of rotatable bonds is 1. The van der Waals surface area contributed by atoms with Gasteiger partial charge in [0.15, 0.2) is 0 Å². The monoisotopic (exact) mass is 106 g/mol. The van der Waals surface area contributed by atoms with Crippen molar-refractivity contribution < 1.29 is 0 Å². The normalized spacial score (nSPS) is 12.4. The van der Waals surface area contributed by atoms with Crippen LogP contribution in [0.1, 0.15) is 6.92 Å². The van der Waals surface area contributed by atoms with Crippen LogP contribution in [0.25, 0.3) is 0 Å². The third-order valence-electron chi connectivity index (χ3n) is 0.663. The van der Waals surface area contributed by atoms with Crippen molar-refractivity contribution in [3.05, 3.63) is 12.2 Å². The minimum absolute atomic E-state index is 0.144. The molecule has 0 aliphatic carbocycles. The van der Waals surface area contributed by atoms with Gasteiger partial charge >= 0.3 is 0 Å². The highest BCUT2D eigenvalue weighted by Crippen LogP contribution is 1.91. The number of hydrogen-bond donors (Lipinski definition) is 0. The van der Waals surface area contributed by atoms with Crippen molar-refractivity contribution >= 4 is 0 Å². The molecule has 0 N–H and O–H groups in total. The molecule has 0 aromatic rings. The summed E-state index contributed by atoms with van der Waals surface area (Å²) in [5.74, 6) is -0.144. The van der Waals surface area contributed by atoms with Crippen LogP contribution in [0.5, 0.6) is 0 Å². The van der Waals surface area contributed by atoms with Crippen LogP contribution in [-0.4, -0.2) is 0 Å². The van der Waals surface area contributed by atoms with E-state index < -0.39 is 0 Å². The Morgan fingerprint density at radius 1 is 1.50 bits per heavy atom. The predicted molar refractivity (Wildman–Crippen MR) is 29.5 cm³/mol. The second-order valence-corrected chi connectivity index (χ2v) is 1.41. The van der Waals surface area contributed by atoms with Gasteiger partial charge in [-0.2, -0.15) is 10.5 Å². The fourth-order valence-corrected chi connectivity index (χ4v) is 0.230. The topological polar surface area (TPSA) is 47.6 Å². The molecule has 0 aliphatic heterocycles. The molecule has 0 aliphatic rings. The molecular formula is C6H6N2. The fourth-order valence-electron chi connectivity index (χ4n) is 0.230. The molecule has 0 heterocycles. The summed E-state index contributed by atoms with van der Waals surface area (Å²) in [6.45, 7) is 1.73. The largest absolute Gasteiger partial charge is 0.198 e. The summed E-state index contributed by atoms with van der Waals surface area (Å²) in [6.07, 6.45) is 2.87. The molecule has 0 aromatic heterocycles. The standard InChI is InChI=1S/C6H6N2/c1-6(5-8)3-2-4-7/h2-3,6H,1H3/b3-2+. The lowest BCUT2D eigenvalue weighted by Crippen LogP contribution is -1.78. The third-order valence-corrected chi connectivity index (χ3v) is 0.663. The van der Waals surface area contributed by atoms with Crippen LogP contribution in [0.15, 0.2) is 12.2 Å². The lowest BCUT2D eigenvalue weighted by atomic mass is 10.2. The fraction of sp³-hybridized carbons (Fsp3) is 0.333. The van der Waals surface area contributed by atoms with Gasteiger partial charge in [-0.1, -0.05) is 6.08 Å². The van der Waals surface area contributed by atoms with Gasteiger partial charge in [0.2, 0.25) is 0 Å². The van der Waals surface area contributed by atoms with Crippen LogP contribution in [-0.2, 0) is 0 Å². The molecular weight excluding hydrogens is 100 g/mol. The molecule has 0 aromatic carbocycles. The Morgan fingerprint density at radius 3 is 2.50 bits per heavy atom. The molecule has 1 unspecified atom stereocenters. The molecule has 0 rings (SSSR count). The molecule has 40 valence electrons. The van der Waals surface area contributed by atoms with E-state index in [0.717, 1.165) is 0 Å². The van der Waals surface area contributed by atoms with Gasteiger partial charge in [-0.3, -0.25) is 0 Å². The second kappa shape index (κ2) is 3.89. The van der Waals surface area contributed by atoms with Gasteiger partial charge in [0.05, 0.1) is 18.1 Å². The van der Waals surface area contributed by atoms with Gasteiger partial charge in [0.25, 0.3) is 0 Å². The molecule has 0 radical (unpaired) electrons. The van der Waals surface area contributed by atoms with Crippen molar-refractivity contribution in [3.8, 4) is 12.1 Å². The first kappa shape index (κ1) is 6.72. The van der Waals surface area contributed by atoms with Crippen molar-refractivity contribution in [2.45, 2.75) is 6.92 Å². The molecule has 0 amide bonds. The highest BCUT2D eigenvalue weighted by atomic mass is 14.2. The summed E-state index contributed by atoms with van der Waals surface area (Å²) < 4.78 is 0. The summed E-state index contributed by atoms with van der Waals surface area (Å²) in [5.41, 5.74) is 0. The molecule has 0 fully saturated rings. The van der Waals surface area contributed by atoms with E-state index in [-0.39, 0.29) is 5.92 Å².